The van der Waals surface area contributed by atoms with Crippen molar-refractivity contribution >= 4 is 12.4 Å². The molecule has 1 aromatic rings. The van der Waals surface area contributed by atoms with Crippen molar-refractivity contribution in [2.75, 3.05) is 0 Å². The Morgan fingerprint density at radius 2 is 1.64 bits per heavy atom. The van der Waals surface area contributed by atoms with Gasteiger partial charge in [0.2, 0.25) is 0 Å². The molecule has 0 fully saturated rings. The topological polar surface area (TPSA) is 23.1 Å². The zero-order chi connectivity index (χ0) is 7.56. The fourth-order valence-corrected chi connectivity index (χ4v) is 0.837. The summed E-state index contributed by atoms with van der Waals surface area (Å²) in [5.74, 6) is 0. The van der Waals surface area contributed by atoms with Crippen LogP contribution in [0.3, 0.4) is 0 Å². The van der Waals surface area contributed by atoms with E-state index in [1.165, 1.54) is 5.56 Å². The number of hydrogen-bond donors (Lipinski definition) is 0. The van der Waals surface area contributed by atoms with E-state index in [9.17, 15) is 5.02 Å². The quantitative estimate of drug-likeness (QED) is 0.419. The van der Waals surface area contributed by atoms with E-state index in [-0.39, 0.29) is 51.4 Å². The predicted octanol–water partition coefficient (Wildman–Crippen LogP) is -2.81. The molecule has 11 heavy (non-hydrogen) atoms. The van der Waals surface area contributed by atoms with Crippen molar-refractivity contribution in [1.29, 1.82) is 0 Å². The average molecular weight is 172 g/mol. The minimum atomic E-state index is -0.597. The zero-order valence-electron chi connectivity index (χ0n) is 7.29. The van der Waals surface area contributed by atoms with E-state index in [1.807, 2.05) is 31.2 Å². The van der Waals surface area contributed by atoms with Crippen LogP contribution in [0.1, 0.15) is 5.56 Å². The molecule has 1 aromatic carbocycles. The summed E-state index contributed by atoms with van der Waals surface area (Å²) in [6, 6.07) is 7.69. The molecular formula is C8H10BKO. The summed E-state index contributed by atoms with van der Waals surface area (Å²) in [6.45, 7) is 3.07. The van der Waals surface area contributed by atoms with Crippen LogP contribution < -0.4 is 61.9 Å². The van der Waals surface area contributed by atoms with Gasteiger partial charge in [-0.15, -0.1) is 5.46 Å². The smallest absolute Gasteiger partial charge is 0.876 e. The van der Waals surface area contributed by atoms with Gasteiger partial charge in [0.05, 0.1) is 6.92 Å². The minimum Gasteiger partial charge on any atom is -0.876 e. The van der Waals surface area contributed by atoms with Crippen LogP contribution in [-0.2, 0) is 0 Å². The Kier molecular flexibility index (Phi) is 5.96. The molecule has 0 aromatic heterocycles. The monoisotopic (exact) mass is 172 g/mol. The van der Waals surface area contributed by atoms with Crippen molar-refractivity contribution in [3.8, 4) is 0 Å². The normalized spacial score (nSPS) is 8.64. The van der Waals surface area contributed by atoms with E-state index in [0.29, 0.717) is 0 Å². The van der Waals surface area contributed by atoms with E-state index in [0.717, 1.165) is 5.46 Å². The summed E-state index contributed by atoms with van der Waals surface area (Å²) in [7, 11) is 0. The van der Waals surface area contributed by atoms with Gasteiger partial charge in [-0.3, -0.25) is 0 Å². The van der Waals surface area contributed by atoms with Gasteiger partial charge in [0.15, 0.2) is 0 Å². The molecule has 1 nitrogen and oxygen atoms in total. The van der Waals surface area contributed by atoms with E-state index in [4.69, 9.17) is 0 Å². The van der Waals surface area contributed by atoms with Gasteiger partial charge >= 0.3 is 51.4 Å². The Bertz CT molecular complexity index is 208. The molecule has 1 rings (SSSR count). The molecule has 0 amide bonds. The minimum absolute atomic E-state index is 0. The van der Waals surface area contributed by atoms with Crippen molar-refractivity contribution in [2.45, 2.75) is 13.7 Å². The maximum atomic E-state index is 10.8. The van der Waals surface area contributed by atoms with Crippen LogP contribution in [0.5, 0.6) is 0 Å². The average Bonchev–Trinajstić information content (AvgIpc) is 1.88. The van der Waals surface area contributed by atoms with Gasteiger partial charge in [-0.05, 0) is 6.92 Å². The van der Waals surface area contributed by atoms with Gasteiger partial charge in [0, 0.05) is 0 Å². The Morgan fingerprint density at radius 1 is 1.18 bits per heavy atom. The summed E-state index contributed by atoms with van der Waals surface area (Å²) in [5, 5.41) is 10.8. The van der Waals surface area contributed by atoms with Gasteiger partial charge in [0.1, 0.15) is 0 Å². The van der Waals surface area contributed by atoms with Gasteiger partial charge in [-0.2, -0.15) is 0 Å². The number of benzene rings is 1. The van der Waals surface area contributed by atoms with Crippen molar-refractivity contribution in [1.82, 2.24) is 0 Å². The summed E-state index contributed by atoms with van der Waals surface area (Å²) in [4.78, 5) is 0. The largest absolute Gasteiger partial charge is 1.00 e. The molecule has 0 spiro atoms. The standard InChI is InChI=1S/C8H10BO.K/c1-7-3-5-8(6-4-7)9(2)10;/h3-6H,1-2H3;/q-1;+1. The van der Waals surface area contributed by atoms with Crippen LogP contribution in [0, 0.1) is 6.92 Å². The molecule has 0 aliphatic rings. The molecule has 0 saturated heterocycles. The Morgan fingerprint density at radius 3 is 2.00 bits per heavy atom. The Labute approximate surface area is 111 Å². The second-order valence-corrected chi connectivity index (χ2v) is 2.55. The van der Waals surface area contributed by atoms with Gasteiger partial charge in [-0.1, -0.05) is 36.7 Å². The Hall–Kier alpha value is 0.881. The second-order valence-electron chi connectivity index (χ2n) is 2.55. The van der Waals surface area contributed by atoms with Crippen LogP contribution in [0.4, 0.5) is 0 Å². The van der Waals surface area contributed by atoms with Crippen molar-refractivity contribution in [3.05, 3.63) is 29.8 Å². The van der Waals surface area contributed by atoms with E-state index in [1.54, 1.807) is 6.82 Å². The first-order valence-electron chi connectivity index (χ1n) is 3.42. The van der Waals surface area contributed by atoms with Crippen LogP contribution >= 0.6 is 0 Å². The van der Waals surface area contributed by atoms with Crippen LogP contribution in [0.15, 0.2) is 24.3 Å². The molecule has 3 heteroatoms. The molecule has 0 bridgehead atoms. The predicted molar refractivity (Wildman–Crippen MR) is 42.4 cm³/mol. The summed E-state index contributed by atoms with van der Waals surface area (Å²) < 4.78 is 0. The van der Waals surface area contributed by atoms with E-state index >= 15 is 0 Å². The third-order valence-electron chi connectivity index (χ3n) is 1.55. The Balaban J connectivity index is 0.000001000. The number of hydrogen-bond acceptors (Lipinski definition) is 1. The van der Waals surface area contributed by atoms with E-state index in [2.05, 4.69) is 0 Å². The second kappa shape index (κ2) is 5.51. The third kappa shape index (κ3) is 3.88. The first-order chi connectivity index (χ1) is 4.70. The first kappa shape index (κ1) is 11.9. The van der Waals surface area contributed by atoms with Gasteiger partial charge < -0.3 is 5.02 Å². The number of aryl methyl sites for hydroxylation is 1. The molecule has 0 heterocycles. The molecular weight excluding hydrogens is 162 g/mol. The van der Waals surface area contributed by atoms with Gasteiger partial charge in [0.25, 0.3) is 0 Å². The first-order valence-corrected chi connectivity index (χ1v) is 3.42. The molecule has 0 aliphatic carbocycles. The molecule has 0 radical (unpaired) electrons. The zero-order valence-corrected chi connectivity index (χ0v) is 10.4. The van der Waals surface area contributed by atoms with Gasteiger partial charge in [-0.25, -0.2) is 0 Å². The molecule has 0 saturated carbocycles. The number of rotatable bonds is 1. The summed E-state index contributed by atoms with van der Waals surface area (Å²) in [5.41, 5.74) is 2.06. The van der Waals surface area contributed by atoms with E-state index < -0.39 is 6.92 Å². The van der Waals surface area contributed by atoms with Crippen LogP contribution in [-0.4, -0.2) is 6.92 Å². The van der Waals surface area contributed by atoms with Crippen molar-refractivity contribution < 1.29 is 56.4 Å². The molecule has 0 aliphatic heterocycles. The molecule has 0 atom stereocenters. The molecule has 52 valence electrons. The summed E-state index contributed by atoms with van der Waals surface area (Å²) >= 11 is 0. The maximum Gasteiger partial charge on any atom is 1.00 e. The van der Waals surface area contributed by atoms with Crippen molar-refractivity contribution in [2.24, 2.45) is 0 Å². The molecule has 0 N–H and O–H groups in total. The summed E-state index contributed by atoms with van der Waals surface area (Å²) in [6.07, 6.45) is 0. The van der Waals surface area contributed by atoms with Crippen LogP contribution in [0.25, 0.3) is 0 Å². The third-order valence-corrected chi connectivity index (χ3v) is 1.55. The fourth-order valence-electron chi connectivity index (χ4n) is 0.837. The van der Waals surface area contributed by atoms with Crippen molar-refractivity contribution in [3.63, 3.8) is 0 Å². The molecule has 0 unspecified atom stereocenters. The maximum absolute atomic E-state index is 10.8. The van der Waals surface area contributed by atoms with Crippen LogP contribution in [0.2, 0.25) is 6.82 Å². The SMILES string of the molecule is CB([O-])c1ccc(C)cc1.[K+]. The fraction of sp³-hybridized carbons (Fsp3) is 0.250.